The molecule has 0 saturated heterocycles. The fraction of sp³-hybridized carbons (Fsp3) is 0.562. The quantitative estimate of drug-likeness (QED) is 0.684. The molecule has 0 aliphatic carbocycles. The molecule has 1 unspecified atom stereocenters. The first-order valence-electron chi connectivity index (χ1n) is 7.29. The van der Waals surface area contributed by atoms with E-state index in [1.54, 1.807) is 0 Å². The maximum atomic E-state index is 11.6. The van der Waals surface area contributed by atoms with Gasteiger partial charge in [0.05, 0.1) is 12.3 Å². The number of methoxy groups -OCH3 is 1. The lowest BCUT2D eigenvalue weighted by Crippen LogP contribution is -2.18. The van der Waals surface area contributed by atoms with Crippen LogP contribution < -0.4 is 10.1 Å². The molecule has 1 rings (SSSR count). The first-order valence-corrected chi connectivity index (χ1v) is 8.20. The summed E-state index contributed by atoms with van der Waals surface area (Å²) in [5.41, 5.74) is 1.88. The van der Waals surface area contributed by atoms with Gasteiger partial charge >= 0.3 is 0 Å². The Morgan fingerprint density at radius 2 is 2.14 bits per heavy atom. The summed E-state index contributed by atoms with van der Waals surface area (Å²) in [4.78, 5) is 12.1. The summed E-state index contributed by atoms with van der Waals surface area (Å²) in [6, 6.07) is 5.91. The molecule has 0 bridgehead atoms. The summed E-state index contributed by atoms with van der Waals surface area (Å²) in [7, 11) is 1.50. The number of anilines is 1. The Morgan fingerprint density at radius 1 is 1.38 bits per heavy atom. The van der Waals surface area contributed by atoms with Crippen molar-refractivity contribution in [3.63, 3.8) is 0 Å². The van der Waals surface area contributed by atoms with Crippen LogP contribution in [0.1, 0.15) is 32.3 Å². The van der Waals surface area contributed by atoms with Crippen LogP contribution in [0.4, 0.5) is 5.69 Å². The number of alkyl halides is 1. The van der Waals surface area contributed by atoms with Gasteiger partial charge in [0, 0.05) is 11.9 Å². The zero-order valence-corrected chi connectivity index (χ0v) is 14.5. The van der Waals surface area contributed by atoms with Gasteiger partial charge in [-0.3, -0.25) is 4.79 Å². The highest BCUT2D eigenvalue weighted by Gasteiger charge is 2.11. The number of hydrogen-bond donors (Lipinski definition) is 1. The number of benzene rings is 1. The van der Waals surface area contributed by atoms with Crippen LogP contribution in [-0.4, -0.2) is 31.1 Å². The van der Waals surface area contributed by atoms with E-state index in [2.05, 4.69) is 28.2 Å². The summed E-state index contributed by atoms with van der Waals surface area (Å²) in [6.45, 7) is 4.70. The van der Waals surface area contributed by atoms with Crippen molar-refractivity contribution in [2.24, 2.45) is 0 Å². The van der Waals surface area contributed by atoms with E-state index >= 15 is 0 Å². The molecule has 118 valence electrons. The van der Waals surface area contributed by atoms with Crippen LogP contribution in [0.25, 0.3) is 0 Å². The lowest BCUT2D eigenvalue weighted by atomic mass is 10.1. The van der Waals surface area contributed by atoms with Gasteiger partial charge in [0.1, 0.15) is 12.4 Å². The molecule has 1 aromatic rings. The molecule has 0 radical (unpaired) electrons. The van der Waals surface area contributed by atoms with E-state index in [1.807, 2.05) is 25.1 Å². The van der Waals surface area contributed by atoms with Gasteiger partial charge in [-0.15, -0.1) is 0 Å². The summed E-state index contributed by atoms with van der Waals surface area (Å²) in [6.07, 6.45) is 3.23. The third-order valence-corrected chi connectivity index (χ3v) is 3.74. The number of hydrogen-bond acceptors (Lipinski definition) is 3. The smallest absolute Gasteiger partial charge is 0.250 e. The number of carbonyl (C=O) groups excluding carboxylic acids is 1. The minimum atomic E-state index is -0.185. The van der Waals surface area contributed by atoms with E-state index in [-0.39, 0.29) is 12.5 Å². The second kappa shape index (κ2) is 9.79. The Bertz CT molecular complexity index is 451. The molecule has 1 atom stereocenters. The van der Waals surface area contributed by atoms with Gasteiger partial charge < -0.3 is 14.8 Å². The number of nitrogens with one attached hydrogen (secondary N) is 1. The van der Waals surface area contributed by atoms with Crippen molar-refractivity contribution in [3.05, 3.63) is 23.8 Å². The van der Waals surface area contributed by atoms with Crippen molar-refractivity contribution >= 4 is 27.5 Å². The monoisotopic (exact) mass is 357 g/mol. The maximum absolute atomic E-state index is 11.6. The van der Waals surface area contributed by atoms with Crippen LogP contribution in [0.2, 0.25) is 0 Å². The second-order valence-corrected chi connectivity index (χ2v) is 6.13. The first kappa shape index (κ1) is 18.0. The van der Waals surface area contributed by atoms with Gasteiger partial charge in [0.25, 0.3) is 0 Å². The molecular weight excluding hydrogens is 334 g/mol. The normalized spacial score (nSPS) is 12.0. The molecule has 1 amide bonds. The molecular formula is C16H24BrNO3. The molecule has 21 heavy (non-hydrogen) atoms. The van der Waals surface area contributed by atoms with Gasteiger partial charge in [-0.25, -0.2) is 0 Å². The molecule has 0 spiro atoms. The fourth-order valence-electron chi connectivity index (χ4n) is 2.06. The molecule has 0 heterocycles. The summed E-state index contributed by atoms with van der Waals surface area (Å²) in [5, 5.41) is 2.80. The zero-order valence-electron chi connectivity index (χ0n) is 12.9. The van der Waals surface area contributed by atoms with Crippen molar-refractivity contribution in [1.82, 2.24) is 0 Å². The third-order valence-electron chi connectivity index (χ3n) is 2.95. The molecule has 5 heteroatoms. The summed E-state index contributed by atoms with van der Waals surface area (Å²) < 4.78 is 10.4. The number of halogens is 1. The zero-order chi connectivity index (χ0) is 15.7. The van der Waals surface area contributed by atoms with Crippen LogP contribution in [0.15, 0.2) is 18.2 Å². The number of carbonyl (C=O) groups is 1. The number of amides is 1. The number of rotatable bonds is 9. The van der Waals surface area contributed by atoms with Crippen LogP contribution in [0.5, 0.6) is 5.75 Å². The second-order valence-electron chi connectivity index (χ2n) is 4.83. The molecule has 0 aromatic heterocycles. The van der Waals surface area contributed by atoms with Crippen molar-refractivity contribution in [2.45, 2.75) is 37.9 Å². The van der Waals surface area contributed by atoms with Crippen molar-refractivity contribution in [1.29, 1.82) is 0 Å². The van der Waals surface area contributed by atoms with E-state index in [0.717, 1.165) is 19.3 Å². The molecule has 0 aliphatic rings. The average molecular weight is 358 g/mol. The van der Waals surface area contributed by atoms with Gasteiger partial charge in [-0.05, 0) is 37.5 Å². The Morgan fingerprint density at radius 3 is 2.76 bits per heavy atom. The maximum Gasteiger partial charge on any atom is 0.250 e. The van der Waals surface area contributed by atoms with Crippen LogP contribution in [-0.2, 0) is 16.0 Å². The molecule has 0 saturated carbocycles. The molecule has 1 N–H and O–H groups in total. The SMILES string of the molecule is CCCC(Br)Cc1ccc(NC(=O)COC)c(OCC)c1. The van der Waals surface area contributed by atoms with E-state index in [1.165, 1.54) is 12.7 Å². The minimum absolute atomic E-state index is 0.0350. The summed E-state index contributed by atoms with van der Waals surface area (Å²) in [5.74, 6) is 0.520. The van der Waals surface area contributed by atoms with Crippen molar-refractivity contribution < 1.29 is 14.3 Å². The lowest BCUT2D eigenvalue weighted by Gasteiger charge is -2.14. The number of ether oxygens (including phenoxy) is 2. The predicted molar refractivity (Wildman–Crippen MR) is 89.4 cm³/mol. The van der Waals surface area contributed by atoms with Crippen molar-refractivity contribution in [3.8, 4) is 5.75 Å². The van der Waals surface area contributed by atoms with Gasteiger partial charge in [-0.1, -0.05) is 35.3 Å². The van der Waals surface area contributed by atoms with E-state index < -0.39 is 0 Å². The Labute approximate surface area is 135 Å². The largest absolute Gasteiger partial charge is 0.492 e. The van der Waals surface area contributed by atoms with Gasteiger partial charge in [0.2, 0.25) is 5.91 Å². The molecule has 0 aliphatic heterocycles. The Kier molecular flexibility index (Phi) is 8.38. The molecule has 4 nitrogen and oxygen atoms in total. The van der Waals surface area contributed by atoms with Gasteiger partial charge in [0.15, 0.2) is 0 Å². The van der Waals surface area contributed by atoms with Crippen LogP contribution in [0, 0.1) is 0 Å². The van der Waals surface area contributed by atoms with E-state index in [4.69, 9.17) is 9.47 Å². The molecule has 1 aromatic carbocycles. The highest BCUT2D eigenvalue weighted by atomic mass is 79.9. The fourth-order valence-corrected chi connectivity index (χ4v) is 2.89. The van der Waals surface area contributed by atoms with Crippen molar-refractivity contribution in [2.75, 3.05) is 25.6 Å². The Hall–Kier alpha value is -1.07. The lowest BCUT2D eigenvalue weighted by molar-refractivity contribution is -0.119. The topological polar surface area (TPSA) is 47.6 Å². The average Bonchev–Trinajstić information content (AvgIpc) is 2.42. The van der Waals surface area contributed by atoms with Crippen LogP contribution >= 0.6 is 15.9 Å². The Balaban J connectivity index is 2.82. The van der Waals surface area contributed by atoms with E-state index in [9.17, 15) is 4.79 Å². The highest BCUT2D eigenvalue weighted by molar-refractivity contribution is 9.09. The first-order chi connectivity index (χ1) is 10.1. The van der Waals surface area contributed by atoms with E-state index in [0.29, 0.717) is 22.9 Å². The predicted octanol–water partition coefficient (Wildman–Crippen LogP) is 3.78. The standard InChI is InChI=1S/C16H24BrNO3/c1-4-6-13(17)9-12-7-8-14(15(10-12)21-5-2)18-16(19)11-20-3/h7-8,10,13H,4-6,9,11H2,1-3H3,(H,18,19). The summed E-state index contributed by atoms with van der Waals surface area (Å²) >= 11 is 3.69. The van der Waals surface area contributed by atoms with Crippen LogP contribution in [0.3, 0.4) is 0 Å². The molecule has 0 fully saturated rings. The minimum Gasteiger partial charge on any atom is -0.492 e. The third kappa shape index (κ3) is 6.48. The highest BCUT2D eigenvalue weighted by Crippen LogP contribution is 2.27. The van der Waals surface area contributed by atoms with Gasteiger partial charge in [-0.2, -0.15) is 0 Å².